The molecule has 0 bridgehead atoms. The molecule has 0 spiro atoms. The Labute approximate surface area is 129 Å². The number of para-hydroxylation sites is 1. The van der Waals surface area contributed by atoms with Gasteiger partial charge in [-0.2, -0.15) is 0 Å². The Morgan fingerprint density at radius 1 is 1.00 bits per heavy atom. The monoisotopic (exact) mass is 295 g/mol. The number of nitrogens with zero attached hydrogens (tertiary/aromatic N) is 1. The highest BCUT2D eigenvalue weighted by Crippen LogP contribution is 2.36. The van der Waals surface area contributed by atoms with Gasteiger partial charge in [-0.05, 0) is 23.5 Å². The van der Waals surface area contributed by atoms with Crippen LogP contribution < -0.4 is 4.90 Å². The normalized spacial score (nSPS) is 18.0. The number of amides is 1. The largest absolute Gasteiger partial charge is 0.314 e. The Morgan fingerprint density at radius 2 is 1.67 bits per heavy atom. The van der Waals surface area contributed by atoms with E-state index in [4.69, 9.17) is 0 Å². The maximum Gasteiger partial charge on any atom is 0.243 e. The van der Waals surface area contributed by atoms with E-state index in [9.17, 15) is 4.79 Å². The van der Waals surface area contributed by atoms with Crippen LogP contribution in [0.2, 0.25) is 0 Å². The van der Waals surface area contributed by atoms with Crippen LogP contribution in [0.4, 0.5) is 5.69 Å². The molecule has 1 aliphatic heterocycles. The van der Waals surface area contributed by atoms with E-state index in [0.29, 0.717) is 0 Å². The third-order valence-electron chi connectivity index (χ3n) is 3.79. The number of fused-ring (bicyclic) bond motifs is 1. The minimum absolute atomic E-state index is 0.126. The molecule has 1 unspecified atom stereocenters. The maximum absolute atomic E-state index is 12.6. The molecule has 0 saturated carbocycles. The van der Waals surface area contributed by atoms with Gasteiger partial charge in [-0.3, -0.25) is 4.79 Å². The Kier molecular flexibility index (Phi) is 3.84. The summed E-state index contributed by atoms with van der Waals surface area (Å²) in [6.45, 7) is 0. The number of carbonyl (C=O) groups excluding carboxylic acids is 1. The smallest absolute Gasteiger partial charge is 0.243 e. The lowest BCUT2D eigenvalue weighted by atomic mass is 9.96. The number of hydrogen-bond acceptors (Lipinski definition) is 2. The zero-order chi connectivity index (χ0) is 14.8. The maximum atomic E-state index is 12.6. The van der Waals surface area contributed by atoms with E-state index in [1.54, 1.807) is 16.7 Å². The number of hydrogen-bond donors (Lipinski definition) is 0. The molecule has 3 rings (SSSR count). The highest BCUT2D eigenvalue weighted by molar-refractivity contribution is 8.00. The second-order valence-electron chi connectivity index (χ2n) is 5.02. The van der Waals surface area contributed by atoms with Gasteiger partial charge in [-0.25, -0.2) is 0 Å². The molecule has 2 aromatic rings. The van der Waals surface area contributed by atoms with Gasteiger partial charge in [0.2, 0.25) is 5.91 Å². The molecule has 106 valence electrons. The van der Waals surface area contributed by atoms with Gasteiger partial charge in [0.1, 0.15) is 5.25 Å². The summed E-state index contributed by atoms with van der Waals surface area (Å²) in [5.74, 6) is 0.126. The Bertz CT molecular complexity index is 693. The van der Waals surface area contributed by atoms with Crippen LogP contribution in [0, 0.1) is 0 Å². The molecule has 1 amide bonds. The fraction of sp³-hybridized carbons (Fsp3) is 0.167. The van der Waals surface area contributed by atoms with Crippen LogP contribution in [-0.2, 0) is 4.79 Å². The molecule has 0 fully saturated rings. The van der Waals surface area contributed by atoms with Gasteiger partial charge in [0.25, 0.3) is 0 Å². The van der Waals surface area contributed by atoms with Crippen LogP contribution in [-0.4, -0.2) is 24.5 Å². The Hall–Kier alpha value is -2.00. The lowest BCUT2D eigenvalue weighted by Crippen LogP contribution is -2.32. The van der Waals surface area contributed by atoms with E-state index in [1.165, 1.54) is 0 Å². The van der Waals surface area contributed by atoms with E-state index >= 15 is 0 Å². The summed E-state index contributed by atoms with van der Waals surface area (Å²) < 4.78 is 0. The van der Waals surface area contributed by atoms with Crippen molar-refractivity contribution in [3.63, 3.8) is 0 Å². The zero-order valence-electron chi connectivity index (χ0n) is 12.1. The summed E-state index contributed by atoms with van der Waals surface area (Å²) in [7, 11) is 1.85. The van der Waals surface area contributed by atoms with Crippen molar-refractivity contribution in [2.75, 3.05) is 18.2 Å². The molecule has 0 radical (unpaired) electrons. The van der Waals surface area contributed by atoms with Gasteiger partial charge in [0.15, 0.2) is 0 Å². The number of anilines is 1. The minimum Gasteiger partial charge on any atom is -0.314 e. The first-order chi connectivity index (χ1) is 10.2. The molecule has 0 N–H and O–H groups in total. The number of rotatable bonds is 2. The third kappa shape index (κ3) is 2.49. The lowest BCUT2D eigenvalue weighted by molar-refractivity contribution is -0.117. The van der Waals surface area contributed by atoms with Crippen molar-refractivity contribution >= 4 is 28.9 Å². The Morgan fingerprint density at radius 3 is 2.38 bits per heavy atom. The van der Waals surface area contributed by atoms with Crippen molar-refractivity contribution in [3.05, 3.63) is 71.8 Å². The molecule has 2 nitrogen and oxygen atoms in total. The number of benzene rings is 2. The fourth-order valence-corrected chi connectivity index (χ4v) is 3.29. The van der Waals surface area contributed by atoms with Gasteiger partial charge < -0.3 is 4.90 Å². The van der Waals surface area contributed by atoms with Crippen molar-refractivity contribution in [1.82, 2.24) is 0 Å². The highest BCUT2D eigenvalue weighted by Gasteiger charge is 2.27. The molecule has 3 heteroatoms. The molecule has 1 heterocycles. The van der Waals surface area contributed by atoms with Crippen LogP contribution in [0.25, 0.3) is 5.57 Å². The summed E-state index contributed by atoms with van der Waals surface area (Å²) in [5, 5.41) is -0.155. The first-order valence-corrected chi connectivity index (χ1v) is 8.18. The number of thioether (sulfide) groups is 1. The second kappa shape index (κ2) is 5.78. The van der Waals surface area contributed by atoms with Gasteiger partial charge in [-0.15, -0.1) is 11.8 Å². The van der Waals surface area contributed by atoms with Crippen molar-refractivity contribution in [1.29, 1.82) is 0 Å². The zero-order valence-corrected chi connectivity index (χ0v) is 12.9. The standard InChI is InChI=1S/C18H17NOS/c1-19-16-11-7-6-10-14(16)15(12-17(21-2)18(19)20)13-8-4-3-5-9-13/h3-12,17H,1-2H3. The van der Waals surface area contributed by atoms with Crippen LogP contribution >= 0.6 is 11.8 Å². The molecular formula is C18H17NOS. The van der Waals surface area contributed by atoms with Gasteiger partial charge in [-0.1, -0.05) is 54.6 Å². The highest BCUT2D eigenvalue weighted by atomic mass is 32.2. The average molecular weight is 295 g/mol. The van der Waals surface area contributed by atoms with Gasteiger partial charge >= 0.3 is 0 Å². The number of carbonyl (C=O) groups is 1. The van der Waals surface area contributed by atoms with Crippen LogP contribution in [0.5, 0.6) is 0 Å². The average Bonchev–Trinajstić information content (AvgIpc) is 2.65. The molecule has 1 aliphatic rings. The van der Waals surface area contributed by atoms with Crippen LogP contribution in [0.15, 0.2) is 60.7 Å². The van der Waals surface area contributed by atoms with E-state index in [2.05, 4.69) is 24.3 Å². The molecule has 21 heavy (non-hydrogen) atoms. The summed E-state index contributed by atoms with van der Waals surface area (Å²) in [6, 6.07) is 18.3. The van der Waals surface area contributed by atoms with E-state index in [-0.39, 0.29) is 11.2 Å². The molecule has 0 aliphatic carbocycles. The van der Waals surface area contributed by atoms with Gasteiger partial charge in [0.05, 0.1) is 5.69 Å². The van der Waals surface area contributed by atoms with Gasteiger partial charge in [0, 0.05) is 12.6 Å². The third-order valence-corrected chi connectivity index (χ3v) is 4.63. The van der Waals surface area contributed by atoms with Crippen molar-refractivity contribution < 1.29 is 4.79 Å². The molecule has 0 aromatic heterocycles. The topological polar surface area (TPSA) is 20.3 Å². The van der Waals surface area contributed by atoms with Crippen molar-refractivity contribution in [2.24, 2.45) is 0 Å². The first kappa shape index (κ1) is 14.0. The fourth-order valence-electron chi connectivity index (χ4n) is 2.65. The molecule has 2 aromatic carbocycles. The lowest BCUT2D eigenvalue weighted by Gasteiger charge is -2.20. The SMILES string of the molecule is CSC1C=C(c2ccccc2)c2ccccc2N(C)C1=O. The summed E-state index contributed by atoms with van der Waals surface area (Å²) >= 11 is 1.57. The first-order valence-electron chi connectivity index (χ1n) is 6.89. The van der Waals surface area contributed by atoms with Crippen LogP contribution in [0.1, 0.15) is 11.1 Å². The second-order valence-corrected chi connectivity index (χ2v) is 6.00. The molecule has 1 atom stereocenters. The van der Waals surface area contributed by atoms with Crippen molar-refractivity contribution in [2.45, 2.75) is 5.25 Å². The van der Waals surface area contributed by atoms with E-state index in [0.717, 1.165) is 22.4 Å². The molecular weight excluding hydrogens is 278 g/mol. The quantitative estimate of drug-likeness (QED) is 0.839. The van der Waals surface area contributed by atoms with E-state index in [1.807, 2.05) is 49.7 Å². The summed E-state index contributed by atoms with van der Waals surface area (Å²) in [6.07, 6.45) is 4.07. The van der Waals surface area contributed by atoms with E-state index < -0.39 is 0 Å². The summed E-state index contributed by atoms with van der Waals surface area (Å²) in [4.78, 5) is 14.3. The Balaban J connectivity index is 2.24. The molecule has 0 saturated heterocycles. The minimum atomic E-state index is -0.155. The predicted octanol–water partition coefficient (Wildman–Crippen LogP) is 3.83. The predicted molar refractivity (Wildman–Crippen MR) is 90.7 cm³/mol. The summed E-state index contributed by atoms with van der Waals surface area (Å²) in [5.41, 5.74) is 4.35. The van der Waals surface area contributed by atoms with Crippen molar-refractivity contribution in [3.8, 4) is 0 Å². The van der Waals surface area contributed by atoms with Crippen LogP contribution in [0.3, 0.4) is 0 Å².